The number of phenols is 1. The number of fused-ring (bicyclic) bond motifs is 1. The van der Waals surface area contributed by atoms with Gasteiger partial charge in [0, 0.05) is 18.7 Å². The Balaban J connectivity index is 1.53. The maximum atomic E-state index is 13.2. The van der Waals surface area contributed by atoms with E-state index in [2.05, 4.69) is 22.9 Å². The first-order chi connectivity index (χ1) is 14.0. The van der Waals surface area contributed by atoms with Crippen LogP contribution in [0, 0.1) is 0 Å². The molecule has 1 aliphatic heterocycles. The number of halogens is 1. The molecule has 4 nitrogen and oxygen atoms in total. The van der Waals surface area contributed by atoms with Gasteiger partial charge in [-0.2, -0.15) is 0 Å². The fourth-order valence-electron chi connectivity index (χ4n) is 3.75. The number of amides is 1. The summed E-state index contributed by atoms with van der Waals surface area (Å²) in [4.78, 5) is 15.1. The molecule has 1 atom stereocenters. The zero-order valence-electron chi connectivity index (χ0n) is 16.1. The van der Waals surface area contributed by atoms with Gasteiger partial charge in [-0.05, 0) is 81.9 Å². The molecule has 1 N–H and O–H groups in total. The highest BCUT2D eigenvalue weighted by atomic mass is 79.9. The third-order valence-corrected chi connectivity index (χ3v) is 5.87. The van der Waals surface area contributed by atoms with Crippen LogP contribution < -0.4 is 4.74 Å². The monoisotopic (exact) mass is 451 g/mol. The molecule has 29 heavy (non-hydrogen) atoms. The Labute approximate surface area is 178 Å². The van der Waals surface area contributed by atoms with Crippen molar-refractivity contribution in [1.82, 2.24) is 4.90 Å². The van der Waals surface area contributed by atoms with E-state index < -0.39 is 0 Å². The lowest BCUT2D eigenvalue weighted by molar-refractivity contribution is 0.0754. The predicted molar refractivity (Wildman–Crippen MR) is 117 cm³/mol. The highest BCUT2D eigenvalue weighted by Crippen LogP contribution is 2.34. The molecule has 0 saturated carbocycles. The van der Waals surface area contributed by atoms with Crippen molar-refractivity contribution in [2.75, 3.05) is 13.1 Å². The molecule has 0 radical (unpaired) electrons. The lowest BCUT2D eigenvalue weighted by atomic mass is 9.95. The minimum Gasteiger partial charge on any atom is -0.507 e. The molecule has 3 aromatic carbocycles. The number of carbonyl (C=O) groups is 1. The number of nitrogens with zero attached hydrogens (tertiary/aromatic N) is 1. The van der Waals surface area contributed by atoms with E-state index >= 15 is 0 Å². The van der Waals surface area contributed by atoms with Crippen LogP contribution in [0.2, 0.25) is 0 Å². The molecule has 0 aliphatic carbocycles. The Morgan fingerprint density at radius 3 is 2.62 bits per heavy atom. The van der Waals surface area contributed by atoms with Crippen LogP contribution in [0.25, 0.3) is 0 Å². The number of hydrogen-bond donors (Lipinski definition) is 1. The minimum atomic E-state index is -0.00791. The first-order valence-corrected chi connectivity index (χ1v) is 10.4. The lowest BCUT2D eigenvalue weighted by Crippen LogP contribution is -2.34. The maximum Gasteiger partial charge on any atom is 0.254 e. The predicted octanol–water partition coefficient (Wildman–Crippen LogP) is 5.75. The largest absolute Gasteiger partial charge is 0.507 e. The summed E-state index contributed by atoms with van der Waals surface area (Å²) in [5.74, 6) is 1.75. The molecule has 0 saturated heterocycles. The first kappa shape index (κ1) is 19.5. The zero-order chi connectivity index (χ0) is 20.4. The van der Waals surface area contributed by atoms with Crippen molar-refractivity contribution in [1.29, 1.82) is 0 Å². The Morgan fingerprint density at radius 1 is 1.07 bits per heavy atom. The Kier molecular flexibility index (Phi) is 5.58. The Hall–Kier alpha value is -2.79. The van der Waals surface area contributed by atoms with Gasteiger partial charge in [0.15, 0.2) is 0 Å². The molecule has 4 rings (SSSR count). The molecule has 1 unspecified atom stereocenters. The first-order valence-electron chi connectivity index (χ1n) is 9.65. The number of benzene rings is 3. The van der Waals surface area contributed by atoms with Gasteiger partial charge in [-0.25, -0.2) is 0 Å². The van der Waals surface area contributed by atoms with Crippen LogP contribution in [0.3, 0.4) is 0 Å². The van der Waals surface area contributed by atoms with Crippen LogP contribution in [0.5, 0.6) is 17.2 Å². The SMILES string of the molecule is CC1CN(C(=O)c2cccc(Oc3ccccc3)c2)CCc2cc(Br)c(O)cc21. The summed E-state index contributed by atoms with van der Waals surface area (Å²) < 4.78 is 6.56. The summed E-state index contributed by atoms with van der Waals surface area (Å²) in [6.07, 6.45) is 0.754. The van der Waals surface area contributed by atoms with E-state index in [4.69, 9.17) is 4.74 Å². The van der Waals surface area contributed by atoms with E-state index in [-0.39, 0.29) is 17.6 Å². The van der Waals surface area contributed by atoms with Gasteiger partial charge in [0.25, 0.3) is 5.91 Å². The molecule has 148 valence electrons. The van der Waals surface area contributed by atoms with Crippen LogP contribution in [-0.4, -0.2) is 29.0 Å². The Bertz CT molecular complexity index is 1040. The van der Waals surface area contributed by atoms with Gasteiger partial charge < -0.3 is 14.7 Å². The maximum absolute atomic E-state index is 13.2. The molecule has 1 heterocycles. The van der Waals surface area contributed by atoms with Crippen LogP contribution in [0.4, 0.5) is 0 Å². The number of rotatable bonds is 3. The van der Waals surface area contributed by atoms with Gasteiger partial charge in [0.2, 0.25) is 0 Å². The number of aromatic hydroxyl groups is 1. The van der Waals surface area contributed by atoms with Crippen molar-refractivity contribution in [3.05, 3.63) is 87.9 Å². The fourth-order valence-corrected chi connectivity index (χ4v) is 4.15. The summed E-state index contributed by atoms with van der Waals surface area (Å²) in [6.45, 7) is 3.33. The standard InChI is InChI=1S/C24H22BrNO3/c1-16-15-26(11-10-17-13-22(25)23(27)14-21(16)17)24(28)18-6-5-9-20(12-18)29-19-7-3-2-4-8-19/h2-9,12-14,16,27H,10-11,15H2,1H3. The molecular weight excluding hydrogens is 430 g/mol. The smallest absolute Gasteiger partial charge is 0.254 e. The van der Waals surface area contributed by atoms with E-state index in [1.165, 1.54) is 5.56 Å². The van der Waals surface area contributed by atoms with E-state index in [0.717, 1.165) is 17.7 Å². The van der Waals surface area contributed by atoms with Gasteiger partial charge in [-0.15, -0.1) is 0 Å². The minimum absolute atomic E-state index is 0.00791. The quantitative estimate of drug-likeness (QED) is 0.551. The summed E-state index contributed by atoms with van der Waals surface area (Å²) >= 11 is 3.39. The van der Waals surface area contributed by atoms with Crippen molar-refractivity contribution < 1.29 is 14.6 Å². The zero-order valence-corrected chi connectivity index (χ0v) is 17.7. The number of phenolic OH excluding ortho intramolecular Hbond substituents is 1. The van der Waals surface area contributed by atoms with Gasteiger partial charge >= 0.3 is 0 Å². The van der Waals surface area contributed by atoms with Crippen molar-refractivity contribution in [2.24, 2.45) is 0 Å². The molecule has 1 aliphatic rings. The van der Waals surface area contributed by atoms with Crippen molar-refractivity contribution in [3.8, 4) is 17.2 Å². The highest BCUT2D eigenvalue weighted by molar-refractivity contribution is 9.10. The average Bonchev–Trinajstić information content (AvgIpc) is 2.88. The summed E-state index contributed by atoms with van der Waals surface area (Å²) in [6, 6.07) is 20.6. The number of ether oxygens (including phenoxy) is 1. The third-order valence-electron chi connectivity index (χ3n) is 5.23. The molecule has 5 heteroatoms. The normalized spacial score (nSPS) is 16.1. The summed E-state index contributed by atoms with van der Waals surface area (Å²) in [5, 5.41) is 10.0. The molecule has 0 bridgehead atoms. The highest BCUT2D eigenvalue weighted by Gasteiger charge is 2.25. The molecule has 3 aromatic rings. The van der Waals surface area contributed by atoms with Crippen LogP contribution in [-0.2, 0) is 6.42 Å². The molecule has 0 fully saturated rings. The van der Waals surface area contributed by atoms with Crippen LogP contribution in [0.1, 0.15) is 34.3 Å². The van der Waals surface area contributed by atoms with Crippen molar-refractivity contribution in [3.63, 3.8) is 0 Å². The van der Waals surface area contributed by atoms with Gasteiger partial charge in [0.1, 0.15) is 17.2 Å². The van der Waals surface area contributed by atoms with Crippen LogP contribution >= 0.6 is 15.9 Å². The van der Waals surface area contributed by atoms with Crippen molar-refractivity contribution in [2.45, 2.75) is 19.3 Å². The summed E-state index contributed by atoms with van der Waals surface area (Å²) in [5.41, 5.74) is 2.88. The van der Waals surface area contributed by atoms with Crippen molar-refractivity contribution >= 4 is 21.8 Å². The second-order valence-corrected chi connectivity index (χ2v) is 8.20. The van der Waals surface area contributed by atoms with Gasteiger partial charge in [0.05, 0.1) is 4.47 Å². The number of hydrogen-bond acceptors (Lipinski definition) is 3. The third kappa shape index (κ3) is 4.30. The van der Waals surface area contributed by atoms with Gasteiger partial charge in [-0.1, -0.05) is 31.2 Å². The number of para-hydroxylation sites is 1. The second-order valence-electron chi connectivity index (χ2n) is 7.35. The summed E-state index contributed by atoms with van der Waals surface area (Å²) in [7, 11) is 0. The average molecular weight is 452 g/mol. The fraction of sp³-hybridized carbons (Fsp3) is 0.208. The van der Waals surface area contributed by atoms with Crippen LogP contribution in [0.15, 0.2) is 71.2 Å². The molecular formula is C24H22BrNO3. The second kappa shape index (κ2) is 8.29. The molecule has 1 amide bonds. The Morgan fingerprint density at radius 2 is 1.83 bits per heavy atom. The topological polar surface area (TPSA) is 49.8 Å². The van der Waals surface area contributed by atoms with Gasteiger partial charge in [-0.3, -0.25) is 4.79 Å². The molecule has 0 spiro atoms. The van der Waals surface area contributed by atoms with E-state index in [1.807, 2.05) is 65.6 Å². The van der Waals surface area contributed by atoms with E-state index in [1.54, 1.807) is 6.07 Å². The van der Waals surface area contributed by atoms with E-state index in [9.17, 15) is 9.90 Å². The lowest BCUT2D eigenvalue weighted by Gasteiger charge is -2.23. The molecule has 0 aromatic heterocycles. The number of carbonyl (C=O) groups excluding carboxylic acids is 1. The van der Waals surface area contributed by atoms with E-state index in [0.29, 0.717) is 28.9 Å².